The number of H-pyrrole nitrogens is 1. The molecular formula is C22H22FN5. The molecule has 2 aromatic heterocycles. The Morgan fingerprint density at radius 3 is 2.54 bits per heavy atom. The van der Waals surface area contributed by atoms with Crippen molar-refractivity contribution in [3.63, 3.8) is 0 Å². The summed E-state index contributed by atoms with van der Waals surface area (Å²) < 4.78 is 15.0. The van der Waals surface area contributed by atoms with E-state index in [1.807, 2.05) is 42.5 Å². The predicted octanol–water partition coefficient (Wildman–Crippen LogP) is 4.42. The van der Waals surface area contributed by atoms with Crippen molar-refractivity contribution >= 4 is 27.6 Å². The molecular weight excluding hydrogens is 353 g/mol. The average Bonchev–Trinajstić information content (AvgIpc) is 3.36. The molecule has 0 aliphatic carbocycles. The van der Waals surface area contributed by atoms with Gasteiger partial charge in [-0.15, -0.1) is 0 Å². The molecule has 5 rings (SSSR count). The number of fused-ring (bicyclic) bond motifs is 2. The molecule has 1 fully saturated rings. The van der Waals surface area contributed by atoms with Gasteiger partial charge >= 0.3 is 0 Å². The van der Waals surface area contributed by atoms with Crippen molar-refractivity contribution in [1.29, 1.82) is 0 Å². The van der Waals surface area contributed by atoms with Crippen LogP contribution in [0.3, 0.4) is 0 Å². The minimum Gasteiger partial charge on any atom is -0.368 e. The van der Waals surface area contributed by atoms with Crippen LogP contribution in [0.2, 0.25) is 0 Å². The van der Waals surface area contributed by atoms with Gasteiger partial charge in [-0.2, -0.15) is 0 Å². The number of para-hydroxylation sites is 2. The minimum absolute atomic E-state index is 0.311. The van der Waals surface area contributed by atoms with E-state index in [2.05, 4.69) is 25.2 Å². The van der Waals surface area contributed by atoms with E-state index in [9.17, 15) is 4.39 Å². The Balaban J connectivity index is 1.52. The monoisotopic (exact) mass is 375 g/mol. The van der Waals surface area contributed by atoms with Gasteiger partial charge in [0.15, 0.2) is 11.6 Å². The first-order valence-electron chi connectivity index (χ1n) is 9.79. The van der Waals surface area contributed by atoms with E-state index >= 15 is 0 Å². The molecule has 142 valence electrons. The van der Waals surface area contributed by atoms with Crippen LogP contribution in [0.15, 0.2) is 48.5 Å². The van der Waals surface area contributed by atoms with Gasteiger partial charge in [-0.3, -0.25) is 0 Å². The van der Waals surface area contributed by atoms with Crippen LogP contribution in [0, 0.1) is 5.82 Å². The van der Waals surface area contributed by atoms with Crippen LogP contribution < -0.4 is 5.32 Å². The van der Waals surface area contributed by atoms with Crippen molar-refractivity contribution in [3.8, 4) is 11.5 Å². The fourth-order valence-corrected chi connectivity index (χ4v) is 3.92. The number of hydrogen-bond acceptors (Lipinski definition) is 4. The van der Waals surface area contributed by atoms with Crippen molar-refractivity contribution in [2.45, 2.75) is 12.8 Å². The summed E-state index contributed by atoms with van der Waals surface area (Å²) in [4.78, 5) is 14.9. The second-order valence-corrected chi connectivity index (χ2v) is 7.25. The molecule has 6 heteroatoms. The molecule has 0 amide bonds. The van der Waals surface area contributed by atoms with Crippen molar-refractivity contribution < 1.29 is 4.39 Å². The highest BCUT2D eigenvalue weighted by molar-refractivity contribution is 5.92. The number of nitrogens with zero attached hydrogens (tertiary/aromatic N) is 3. The summed E-state index contributed by atoms with van der Waals surface area (Å²) >= 11 is 0. The molecule has 0 spiro atoms. The first kappa shape index (κ1) is 17.1. The van der Waals surface area contributed by atoms with E-state index in [0.29, 0.717) is 16.9 Å². The Kier molecular flexibility index (Phi) is 4.41. The second-order valence-electron chi connectivity index (χ2n) is 7.25. The van der Waals surface area contributed by atoms with Crippen LogP contribution in [-0.4, -0.2) is 46.0 Å². The van der Waals surface area contributed by atoms with E-state index in [-0.39, 0.29) is 5.82 Å². The summed E-state index contributed by atoms with van der Waals surface area (Å²) in [6.45, 7) is 4.11. The number of nitrogens with one attached hydrogen (secondary N) is 2. The maximum atomic E-state index is 15.0. The zero-order chi connectivity index (χ0) is 18.9. The molecule has 4 aromatic rings. The number of rotatable bonds is 5. The lowest BCUT2D eigenvalue weighted by atomic mass is 10.2. The topological polar surface area (TPSA) is 56.8 Å². The van der Waals surface area contributed by atoms with E-state index < -0.39 is 0 Å². The van der Waals surface area contributed by atoms with Gasteiger partial charge < -0.3 is 15.2 Å². The lowest BCUT2D eigenvalue weighted by Crippen LogP contribution is -2.26. The number of halogens is 1. The average molecular weight is 375 g/mol. The summed E-state index contributed by atoms with van der Waals surface area (Å²) in [7, 11) is 0. The van der Waals surface area contributed by atoms with Gasteiger partial charge in [-0.1, -0.05) is 24.3 Å². The number of aromatic amines is 1. The highest BCUT2D eigenvalue weighted by Crippen LogP contribution is 2.29. The van der Waals surface area contributed by atoms with Gasteiger partial charge in [0.2, 0.25) is 0 Å². The summed E-state index contributed by atoms with van der Waals surface area (Å²) in [6, 6.07) is 15.2. The Morgan fingerprint density at radius 1 is 0.964 bits per heavy atom. The van der Waals surface area contributed by atoms with Crippen LogP contribution in [-0.2, 0) is 0 Å². The number of hydrogen-bond donors (Lipinski definition) is 2. The highest BCUT2D eigenvalue weighted by atomic mass is 19.1. The minimum atomic E-state index is -0.311. The smallest absolute Gasteiger partial charge is 0.181 e. The Morgan fingerprint density at radius 2 is 1.71 bits per heavy atom. The first-order chi connectivity index (χ1) is 13.8. The maximum absolute atomic E-state index is 15.0. The van der Waals surface area contributed by atoms with Crippen molar-refractivity contribution in [3.05, 3.63) is 54.3 Å². The largest absolute Gasteiger partial charge is 0.368 e. The summed E-state index contributed by atoms with van der Waals surface area (Å²) in [5, 5.41) is 4.95. The van der Waals surface area contributed by atoms with Crippen molar-refractivity contribution in [2.75, 3.05) is 31.5 Å². The third-order valence-corrected chi connectivity index (χ3v) is 5.39. The van der Waals surface area contributed by atoms with Gasteiger partial charge in [0.1, 0.15) is 11.5 Å². The van der Waals surface area contributed by atoms with Gasteiger partial charge in [0.05, 0.1) is 5.52 Å². The summed E-state index contributed by atoms with van der Waals surface area (Å²) in [5.41, 5.74) is 1.87. The van der Waals surface area contributed by atoms with E-state index in [4.69, 9.17) is 0 Å². The summed E-state index contributed by atoms with van der Waals surface area (Å²) in [6.07, 6.45) is 2.56. The Hall–Kier alpha value is -2.99. The second kappa shape index (κ2) is 7.20. The summed E-state index contributed by atoms with van der Waals surface area (Å²) in [5.74, 6) is 0.808. The van der Waals surface area contributed by atoms with Crippen LogP contribution in [0.4, 0.5) is 10.2 Å². The molecule has 0 radical (unpaired) electrons. The lowest BCUT2D eigenvalue weighted by Gasteiger charge is -2.16. The zero-order valence-electron chi connectivity index (χ0n) is 15.6. The molecule has 5 nitrogen and oxygen atoms in total. The van der Waals surface area contributed by atoms with Gasteiger partial charge in [-0.25, -0.2) is 14.4 Å². The van der Waals surface area contributed by atoms with E-state index in [1.165, 1.54) is 12.8 Å². The number of likely N-dealkylation sites (tertiary alicyclic amines) is 1. The molecule has 1 aliphatic heterocycles. The van der Waals surface area contributed by atoms with E-state index in [0.717, 1.165) is 48.4 Å². The fraction of sp³-hybridized carbons (Fsp3) is 0.273. The Labute approximate surface area is 162 Å². The van der Waals surface area contributed by atoms with Crippen LogP contribution in [0.5, 0.6) is 0 Å². The molecule has 2 N–H and O–H groups in total. The normalized spacial score (nSPS) is 14.9. The first-order valence-corrected chi connectivity index (χ1v) is 9.79. The quantitative estimate of drug-likeness (QED) is 0.542. The molecule has 28 heavy (non-hydrogen) atoms. The number of anilines is 1. The molecule has 0 bridgehead atoms. The number of aromatic nitrogens is 3. The molecule has 0 atom stereocenters. The molecule has 3 heterocycles. The van der Waals surface area contributed by atoms with Gasteiger partial charge in [0.25, 0.3) is 0 Å². The van der Waals surface area contributed by atoms with Crippen molar-refractivity contribution in [2.24, 2.45) is 0 Å². The maximum Gasteiger partial charge on any atom is 0.181 e. The fourth-order valence-electron chi connectivity index (χ4n) is 3.92. The third kappa shape index (κ3) is 3.10. The van der Waals surface area contributed by atoms with Gasteiger partial charge in [-0.05, 0) is 50.2 Å². The zero-order valence-corrected chi connectivity index (χ0v) is 15.6. The molecule has 0 saturated carbocycles. The van der Waals surface area contributed by atoms with Gasteiger partial charge in [0, 0.05) is 29.4 Å². The predicted molar refractivity (Wildman–Crippen MR) is 111 cm³/mol. The lowest BCUT2D eigenvalue weighted by molar-refractivity contribution is 0.352. The molecule has 1 saturated heterocycles. The standard InChI is InChI=1S/C22H22FN5/c23-19-15-7-1-3-9-17(15)25-20(19)22-26-18-10-4-2-8-16(18)21(27-22)24-11-14-28-12-5-6-13-28/h1-4,7-10,25H,5-6,11-14H2,(H,24,26,27). The van der Waals surface area contributed by atoms with Crippen molar-refractivity contribution in [1.82, 2.24) is 19.9 Å². The number of benzene rings is 2. The van der Waals surface area contributed by atoms with E-state index in [1.54, 1.807) is 6.07 Å². The van der Waals surface area contributed by atoms with Crippen LogP contribution >= 0.6 is 0 Å². The van der Waals surface area contributed by atoms with Crippen LogP contribution in [0.1, 0.15) is 12.8 Å². The molecule has 1 aliphatic rings. The SMILES string of the molecule is Fc1c(-c2nc(NCCN3CCCC3)c3ccccc3n2)[nH]c2ccccc12. The highest BCUT2D eigenvalue weighted by Gasteiger charge is 2.17. The molecule has 0 unspecified atom stereocenters. The third-order valence-electron chi connectivity index (χ3n) is 5.39. The van der Waals surface area contributed by atoms with Crippen LogP contribution in [0.25, 0.3) is 33.3 Å². The molecule has 2 aromatic carbocycles. The Bertz CT molecular complexity index is 1130.